The fraction of sp³-hybridized carbons (Fsp3) is 0.111. The number of aromatic nitrogens is 2. The van der Waals surface area contributed by atoms with Crippen LogP contribution >= 0.6 is 0 Å². The fourth-order valence-electron chi connectivity index (χ4n) is 1.03. The third kappa shape index (κ3) is 3.18. The third-order valence-electron chi connectivity index (χ3n) is 1.80. The number of nitrogens with zero attached hydrogens (tertiary/aromatic N) is 3. The molecule has 2 aromatic heterocycles. The van der Waals surface area contributed by atoms with Crippen molar-refractivity contribution in [3.05, 3.63) is 29.6 Å². The van der Waals surface area contributed by atoms with Crippen molar-refractivity contribution in [2.24, 2.45) is 0 Å². The van der Waals surface area contributed by atoms with E-state index in [-0.39, 0.29) is 0 Å². The van der Waals surface area contributed by atoms with E-state index in [0.29, 0.717) is 5.69 Å². The molecule has 1 N–H and O–H groups in total. The van der Waals surface area contributed by atoms with Gasteiger partial charge in [-0.1, -0.05) is 0 Å². The maximum atomic E-state index is 10.5. The number of hydrogen-bond acceptors (Lipinski definition) is 4. The molecule has 18 heavy (non-hydrogen) atoms. The van der Waals surface area contributed by atoms with Gasteiger partial charge in [-0.3, -0.25) is 4.98 Å². The van der Waals surface area contributed by atoms with Gasteiger partial charge in [0.05, 0.1) is 11.7 Å². The lowest BCUT2D eigenvalue weighted by molar-refractivity contribution is -0.344. The van der Waals surface area contributed by atoms with Crippen molar-refractivity contribution in [1.29, 1.82) is 5.39 Å². The maximum absolute atomic E-state index is 10.5. The zero-order valence-corrected chi connectivity index (χ0v) is 8.60. The van der Waals surface area contributed by atoms with Crippen molar-refractivity contribution in [3.63, 3.8) is 0 Å². The number of halogens is 3. The van der Waals surface area contributed by atoms with E-state index in [1.54, 1.807) is 18.6 Å². The summed E-state index contributed by atoms with van der Waals surface area (Å²) in [5.74, 6) is -3.01. The Morgan fingerprint density at radius 3 is 2.61 bits per heavy atom. The number of fused-ring (bicyclic) bond motifs is 1. The smallest absolute Gasteiger partial charge is 0.430 e. The van der Waals surface area contributed by atoms with Crippen molar-refractivity contribution < 1.29 is 23.1 Å². The van der Waals surface area contributed by atoms with Crippen molar-refractivity contribution >= 4 is 22.6 Å². The normalized spacial score (nSPS) is 10.3. The monoisotopic (exact) mass is 258 g/mol. The van der Waals surface area contributed by atoms with Gasteiger partial charge >= 0.3 is 11.9 Å². The van der Waals surface area contributed by atoms with Crippen LogP contribution in [0.25, 0.3) is 15.9 Å². The number of H-pyrrole nitrogens is 1. The highest BCUT2D eigenvalue weighted by atomic mass is 19.4. The van der Waals surface area contributed by atoms with Crippen molar-refractivity contribution in [2.45, 2.75) is 6.18 Å². The van der Waals surface area contributed by atoms with Gasteiger partial charge in [0, 0.05) is 12.4 Å². The molecule has 0 bridgehead atoms. The average Bonchev–Trinajstić information content (AvgIpc) is 2.71. The lowest BCUT2D eigenvalue weighted by Gasteiger charge is -2.03. The Hall–Kier alpha value is -2.63. The Kier molecular flexibility index (Phi) is 3.83. The van der Waals surface area contributed by atoms with Crippen LogP contribution in [0.2, 0.25) is 0 Å². The van der Waals surface area contributed by atoms with Crippen LogP contribution in [0, 0.1) is 5.39 Å². The lowest BCUT2D eigenvalue weighted by Crippen LogP contribution is -2.37. The fourth-order valence-corrected chi connectivity index (χ4v) is 1.03. The maximum Gasteiger partial charge on any atom is 0.430 e. The van der Waals surface area contributed by atoms with E-state index in [0.717, 1.165) is 10.9 Å². The highest BCUT2D eigenvalue weighted by molar-refractivity contribution is 5.91. The molecule has 2 rings (SSSR count). The number of nitrogens with one attached hydrogen (secondary N) is 1. The number of rotatable bonds is 0. The minimum absolute atomic E-state index is 0.521. The Morgan fingerprint density at radius 1 is 1.50 bits per heavy atom. The Balaban J connectivity index is 0.000000203. The number of alkyl halides is 3. The van der Waals surface area contributed by atoms with Crippen LogP contribution < -0.4 is 5.11 Å². The van der Waals surface area contributed by atoms with E-state index in [1.807, 2.05) is 6.07 Å². The van der Waals surface area contributed by atoms with E-state index < -0.39 is 12.1 Å². The Morgan fingerprint density at radius 2 is 2.11 bits per heavy atom. The number of carbonyl (C=O) groups excluding carboxylic acids is 1. The summed E-state index contributed by atoms with van der Waals surface area (Å²) in [5.41, 5.74) is 1.45. The zero-order valence-electron chi connectivity index (χ0n) is 8.60. The Bertz CT molecular complexity index is 600. The number of carboxylic acids is 1. The van der Waals surface area contributed by atoms with E-state index >= 15 is 0 Å². The molecule has 0 atom stereocenters. The summed E-state index contributed by atoms with van der Waals surface area (Å²) in [6.45, 7) is 0. The molecule has 0 aliphatic heterocycles. The van der Waals surface area contributed by atoms with Crippen LogP contribution in [0.1, 0.15) is 0 Å². The largest absolute Gasteiger partial charge is 0.542 e. The first-order valence-corrected chi connectivity index (χ1v) is 4.40. The molecule has 0 aromatic carbocycles. The van der Waals surface area contributed by atoms with Crippen molar-refractivity contribution in [3.8, 4) is 0 Å². The van der Waals surface area contributed by atoms with Crippen molar-refractivity contribution in [2.75, 3.05) is 0 Å². The first-order chi connectivity index (χ1) is 8.36. The summed E-state index contributed by atoms with van der Waals surface area (Å²) in [4.78, 5) is 18.7. The molecule has 2 aromatic rings. The SMILES string of the molecule is N#[N+]c1c[nH]c2ccncc12.O=C([O-])C(F)(F)F. The lowest BCUT2D eigenvalue weighted by atomic mass is 10.3. The molecule has 2 heterocycles. The summed E-state index contributed by atoms with van der Waals surface area (Å²) in [6.07, 6.45) is -0.229. The molecule has 94 valence electrons. The first kappa shape index (κ1) is 13.4. The van der Waals surface area contributed by atoms with Gasteiger partial charge in [0.15, 0.2) is 4.98 Å². The number of pyridine rings is 1. The van der Waals surface area contributed by atoms with Crippen LogP contribution in [0.15, 0.2) is 24.7 Å². The first-order valence-electron chi connectivity index (χ1n) is 4.40. The molecule has 0 aliphatic rings. The molecular formula is C9H5F3N4O2. The Labute approximate surface area is 97.7 Å². The highest BCUT2D eigenvalue weighted by Gasteiger charge is 2.28. The van der Waals surface area contributed by atoms with Crippen LogP contribution in [0.4, 0.5) is 18.9 Å². The van der Waals surface area contributed by atoms with E-state index in [2.05, 4.69) is 14.9 Å². The van der Waals surface area contributed by atoms with Gasteiger partial charge in [-0.05, 0) is 6.07 Å². The molecule has 0 amide bonds. The number of carboxylic acid groups (broad SMARTS) is 1. The summed E-state index contributed by atoms with van der Waals surface area (Å²) < 4.78 is 31.5. The van der Waals surface area contributed by atoms with Crippen LogP contribution in [-0.4, -0.2) is 22.1 Å². The molecule has 9 heteroatoms. The quantitative estimate of drug-likeness (QED) is 0.721. The molecule has 0 spiro atoms. The standard InChI is InChI=1S/C7H5N4.C2HF3O2/c8-11-7-4-10-6-1-2-9-3-5(6)7;3-2(4,5)1(6)7/h1-4,10H;(H,6,7)/q+1;/p-1. The molecule has 0 aliphatic carbocycles. The van der Waals surface area contributed by atoms with Gasteiger partial charge in [0.25, 0.3) is 0 Å². The summed E-state index contributed by atoms with van der Waals surface area (Å²) in [6, 6.07) is 1.82. The second kappa shape index (κ2) is 5.13. The number of aliphatic carboxylic acids is 1. The van der Waals surface area contributed by atoms with E-state index in [4.69, 9.17) is 15.3 Å². The van der Waals surface area contributed by atoms with Gasteiger partial charge in [-0.2, -0.15) is 13.2 Å². The van der Waals surface area contributed by atoms with Gasteiger partial charge < -0.3 is 14.9 Å². The molecule has 0 saturated carbocycles. The minimum atomic E-state index is -5.19. The van der Waals surface area contributed by atoms with Gasteiger partial charge in [-0.25, -0.2) is 0 Å². The molecule has 0 radical (unpaired) electrons. The van der Waals surface area contributed by atoms with Crippen LogP contribution in [0.3, 0.4) is 0 Å². The van der Waals surface area contributed by atoms with E-state index in [1.165, 1.54) is 0 Å². The molecule has 0 unspecified atom stereocenters. The molecular weight excluding hydrogens is 253 g/mol. The highest BCUT2D eigenvalue weighted by Crippen LogP contribution is 2.23. The second-order valence-corrected chi connectivity index (χ2v) is 2.98. The summed E-state index contributed by atoms with van der Waals surface area (Å²) in [7, 11) is 0. The van der Waals surface area contributed by atoms with E-state index in [9.17, 15) is 13.2 Å². The topological polar surface area (TPSA) is 97.0 Å². The molecule has 0 saturated heterocycles. The molecule has 6 nitrogen and oxygen atoms in total. The van der Waals surface area contributed by atoms with Gasteiger partial charge in [0.1, 0.15) is 11.4 Å². The minimum Gasteiger partial charge on any atom is -0.542 e. The van der Waals surface area contributed by atoms with Crippen molar-refractivity contribution in [1.82, 2.24) is 9.97 Å². The van der Waals surface area contributed by atoms with Gasteiger partial charge in [-0.15, -0.1) is 0 Å². The predicted octanol–water partition coefficient (Wildman–Crippen LogP) is 1.35. The molecule has 0 fully saturated rings. The zero-order chi connectivity index (χ0) is 13.8. The third-order valence-corrected chi connectivity index (χ3v) is 1.80. The number of hydrogen-bond donors (Lipinski definition) is 1. The predicted molar refractivity (Wildman–Crippen MR) is 51.9 cm³/mol. The number of aromatic amines is 1. The second-order valence-electron chi connectivity index (χ2n) is 2.98. The van der Waals surface area contributed by atoms with Gasteiger partial charge in [0.2, 0.25) is 5.39 Å². The number of carbonyl (C=O) groups is 1. The average molecular weight is 258 g/mol. The van der Waals surface area contributed by atoms with Crippen LogP contribution in [0.5, 0.6) is 0 Å². The summed E-state index contributed by atoms with van der Waals surface area (Å²) in [5, 5.41) is 18.1. The summed E-state index contributed by atoms with van der Waals surface area (Å²) >= 11 is 0. The number of diazo groups is 1. The van der Waals surface area contributed by atoms with Crippen LogP contribution in [-0.2, 0) is 4.79 Å².